The van der Waals surface area contributed by atoms with Crippen LogP contribution in [0.5, 0.6) is 5.75 Å². The van der Waals surface area contributed by atoms with Crippen molar-refractivity contribution in [1.29, 1.82) is 5.26 Å². The van der Waals surface area contributed by atoms with Crippen molar-refractivity contribution in [1.82, 2.24) is 14.9 Å². The number of aryl methyl sites for hydroxylation is 1. The zero-order chi connectivity index (χ0) is 30.9. The number of nitrogens with zero attached hydrogens (tertiary/aromatic N) is 3. The Morgan fingerprint density at radius 2 is 1.95 bits per heavy atom. The second-order valence-electron chi connectivity index (χ2n) is 10.8. The molecule has 226 valence electrons. The van der Waals surface area contributed by atoms with Gasteiger partial charge in [0.2, 0.25) is 0 Å². The van der Waals surface area contributed by atoms with Crippen molar-refractivity contribution in [2.24, 2.45) is 11.3 Å². The maximum atomic E-state index is 13.4. The fraction of sp³-hybridized carbons (Fsp3) is 0.577. The van der Waals surface area contributed by atoms with E-state index in [9.17, 15) is 45.5 Å². The molecular weight excluding hydrogens is 575 g/mol. The average molecular weight is 607 g/mol. The molecular formula is C26H31F5N4O5S. The minimum absolute atomic E-state index is 0.0274. The van der Waals surface area contributed by atoms with Crippen molar-refractivity contribution >= 4 is 15.7 Å². The Kier molecular flexibility index (Phi) is 9.39. The van der Waals surface area contributed by atoms with Crippen LogP contribution in [0.4, 0.5) is 22.0 Å². The molecule has 0 unspecified atom stereocenters. The number of amides is 1. The van der Waals surface area contributed by atoms with Crippen molar-refractivity contribution < 1.29 is 45.0 Å². The molecule has 3 atom stereocenters. The summed E-state index contributed by atoms with van der Waals surface area (Å²) in [5.41, 5.74) is -2.90. The van der Waals surface area contributed by atoms with Gasteiger partial charge in [0, 0.05) is 18.7 Å². The molecule has 1 saturated carbocycles. The van der Waals surface area contributed by atoms with Crippen LogP contribution >= 0.6 is 0 Å². The Morgan fingerprint density at radius 3 is 2.49 bits per heavy atom. The van der Waals surface area contributed by atoms with Gasteiger partial charge in [0.15, 0.2) is 11.4 Å². The van der Waals surface area contributed by atoms with Gasteiger partial charge in [-0.15, -0.1) is 0 Å². The normalized spacial score (nSPS) is 20.1. The average Bonchev–Trinajstić information content (AvgIpc) is 3.17. The van der Waals surface area contributed by atoms with Crippen LogP contribution in [0, 0.1) is 29.6 Å². The van der Waals surface area contributed by atoms with Gasteiger partial charge >= 0.3 is 12.8 Å². The summed E-state index contributed by atoms with van der Waals surface area (Å²) in [6.07, 6.45) is -4.29. The third-order valence-corrected chi connectivity index (χ3v) is 8.94. The van der Waals surface area contributed by atoms with Crippen LogP contribution < -0.4 is 10.1 Å². The van der Waals surface area contributed by atoms with Gasteiger partial charge < -0.3 is 15.2 Å². The summed E-state index contributed by atoms with van der Waals surface area (Å²) in [5.74, 6) is -1.70. The molecule has 0 radical (unpaired) electrons. The summed E-state index contributed by atoms with van der Waals surface area (Å²) in [5, 5.41) is 22.2. The first-order valence-electron chi connectivity index (χ1n) is 12.6. The molecule has 2 N–H and O–H groups in total. The summed E-state index contributed by atoms with van der Waals surface area (Å²) in [7, 11) is -3.33. The van der Waals surface area contributed by atoms with E-state index in [1.807, 2.05) is 6.07 Å². The van der Waals surface area contributed by atoms with Crippen LogP contribution in [0.25, 0.3) is 5.69 Å². The van der Waals surface area contributed by atoms with Gasteiger partial charge in [0.1, 0.15) is 27.5 Å². The Hall–Kier alpha value is -3.25. The van der Waals surface area contributed by atoms with Gasteiger partial charge in [-0.2, -0.15) is 27.2 Å². The van der Waals surface area contributed by atoms with Gasteiger partial charge in [-0.05, 0) is 50.3 Å². The monoisotopic (exact) mass is 606 g/mol. The van der Waals surface area contributed by atoms with Crippen molar-refractivity contribution in [2.45, 2.75) is 70.6 Å². The molecule has 1 aliphatic rings. The van der Waals surface area contributed by atoms with E-state index in [1.165, 1.54) is 19.1 Å². The number of aliphatic hydroxyl groups excluding tert-OH is 1. The van der Waals surface area contributed by atoms with E-state index >= 15 is 0 Å². The molecule has 1 amide bonds. The van der Waals surface area contributed by atoms with E-state index in [2.05, 4.69) is 15.0 Å². The molecule has 0 bridgehead atoms. The van der Waals surface area contributed by atoms with Crippen molar-refractivity contribution in [2.75, 3.05) is 12.8 Å². The molecule has 0 spiro atoms. The zero-order valence-electron chi connectivity index (χ0n) is 22.8. The fourth-order valence-electron chi connectivity index (χ4n) is 4.85. The summed E-state index contributed by atoms with van der Waals surface area (Å²) in [6.45, 7) is -0.00849. The number of hydrogen-bond donors (Lipinski definition) is 2. The Balaban J connectivity index is 1.89. The van der Waals surface area contributed by atoms with Crippen molar-refractivity contribution in [3.63, 3.8) is 0 Å². The van der Waals surface area contributed by atoms with Crippen LogP contribution in [0.3, 0.4) is 0 Å². The molecule has 3 rings (SSSR count). The highest BCUT2D eigenvalue weighted by atomic mass is 32.2. The molecule has 0 aliphatic heterocycles. The number of aromatic nitrogens is 2. The second kappa shape index (κ2) is 11.9. The number of hydrogen-bond acceptors (Lipinski definition) is 7. The summed E-state index contributed by atoms with van der Waals surface area (Å²) < 4.78 is 96.0. The number of ether oxygens (including phenoxy) is 1. The van der Waals surface area contributed by atoms with Gasteiger partial charge in [0.25, 0.3) is 5.91 Å². The number of alkyl halides is 5. The lowest BCUT2D eigenvalue weighted by Crippen LogP contribution is -2.42. The molecule has 0 saturated heterocycles. The lowest BCUT2D eigenvalue weighted by Gasteiger charge is -2.32. The zero-order valence-corrected chi connectivity index (χ0v) is 23.6. The molecule has 9 nitrogen and oxygen atoms in total. The maximum absolute atomic E-state index is 13.4. The quantitative estimate of drug-likeness (QED) is 0.411. The molecule has 1 aliphatic carbocycles. The molecule has 1 aromatic carbocycles. The van der Waals surface area contributed by atoms with E-state index in [-0.39, 0.29) is 41.4 Å². The molecule has 1 aromatic heterocycles. The van der Waals surface area contributed by atoms with Crippen LogP contribution in [-0.4, -0.2) is 65.9 Å². The first-order valence-corrected chi connectivity index (χ1v) is 14.6. The number of imidazole rings is 1. The topological polar surface area (TPSA) is 134 Å². The van der Waals surface area contributed by atoms with Crippen molar-refractivity contribution in [3.05, 3.63) is 41.0 Å². The van der Waals surface area contributed by atoms with Gasteiger partial charge in [-0.1, -0.05) is 19.9 Å². The number of rotatable bonds is 9. The Bertz CT molecular complexity index is 1430. The maximum Gasteiger partial charge on any atom is 0.394 e. The summed E-state index contributed by atoms with van der Waals surface area (Å²) in [6, 6.07) is 5.35. The highest BCUT2D eigenvalue weighted by Crippen LogP contribution is 2.41. The van der Waals surface area contributed by atoms with Crippen LogP contribution in [0.15, 0.2) is 18.2 Å². The molecule has 1 heterocycles. The van der Waals surface area contributed by atoms with Gasteiger partial charge in [0.05, 0.1) is 22.5 Å². The number of benzene rings is 1. The minimum Gasteiger partial charge on any atom is -0.433 e. The lowest BCUT2D eigenvalue weighted by molar-refractivity contribution is -0.211. The summed E-state index contributed by atoms with van der Waals surface area (Å²) >= 11 is 0. The van der Waals surface area contributed by atoms with E-state index in [1.54, 1.807) is 0 Å². The number of halogens is 5. The number of aliphatic hydroxyl groups is 1. The predicted octanol–water partition coefficient (Wildman–Crippen LogP) is 4.09. The number of carbonyl (C=O) groups is 1. The number of nitrogens with one attached hydrogen (secondary N) is 1. The Morgan fingerprint density at radius 1 is 1.29 bits per heavy atom. The first kappa shape index (κ1) is 32.3. The largest absolute Gasteiger partial charge is 0.433 e. The van der Waals surface area contributed by atoms with E-state index in [4.69, 9.17) is 0 Å². The van der Waals surface area contributed by atoms with E-state index < -0.39 is 63.4 Å². The van der Waals surface area contributed by atoms with Gasteiger partial charge in [-0.25, -0.2) is 13.4 Å². The first-order chi connectivity index (χ1) is 18.9. The van der Waals surface area contributed by atoms with Crippen LogP contribution in [-0.2, 0) is 16.3 Å². The third-order valence-electron chi connectivity index (χ3n) is 7.30. The van der Waals surface area contributed by atoms with E-state index in [0.717, 1.165) is 30.7 Å². The number of sulfone groups is 1. The second-order valence-corrected chi connectivity index (χ2v) is 13.2. The molecule has 1 fully saturated rings. The Labute approximate surface area is 234 Å². The van der Waals surface area contributed by atoms with Crippen LogP contribution in [0.2, 0.25) is 0 Å². The highest BCUT2D eigenvalue weighted by molar-refractivity contribution is 7.91. The highest BCUT2D eigenvalue weighted by Gasteiger charge is 2.47. The lowest BCUT2D eigenvalue weighted by atomic mass is 9.85. The van der Waals surface area contributed by atoms with Crippen LogP contribution in [0.1, 0.15) is 60.7 Å². The molecule has 41 heavy (non-hydrogen) atoms. The third kappa shape index (κ3) is 7.34. The van der Waals surface area contributed by atoms with Crippen molar-refractivity contribution in [3.8, 4) is 17.5 Å². The predicted molar refractivity (Wildman–Crippen MR) is 138 cm³/mol. The SMILES string of the molecule is Cc1nc(C(=O)NC[C@@H]2CC[C@@H](S(C)(=O)=O)C[C@H]2O)c(C#N)n1-c1ccc(CC(C)(C)C(F)(F)F)cc1OC(F)F. The molecule has 15 heteroatoms. The smallest absolute Gasteiger partial charge is 0.394 e. The minimum atomic E-state index is -4.56. The molecule has 2 aromatic rings. The number of nitriles is 1. The number of carbonyl (C=O) groups excluding carboxylic acids is 1. The summed E-state index contributed by atoms with van der Waals surface area (Å²) in [4.78, 5) is 17.1. The van der Waals surface area contributed by atoms with E-state index in [0.29, 0.717) is 12.8 Å². The van der Waals surface area contributed by atoms with Gasteiger partial charge in [-0.3, -0.25) is 9.36 Å². The standard InChI is InChI=1S/C26H31F5N4O5S/c1-14-34-22(23(37)33-13-16-6-7-17(10-20(16)36)41(4,38)39)19(12-32)35(14)18-8-5-15(9-21(18)40-24(27)28)11-25(2,3)26(29,30)31/h5,8-9,16-17,20,24,36H,6-7,10-11,13H2,1-4H3,(H,33,37)/t16-,17+,20+/m0/s1. The fourth-order valence-corrected chi connectivity index (χ4v) is 5.96.